The number of aromatic nitrogens is 4. The SMILES string of the molecule is CCO[C@@H]1C[C@@H](Nc2nnnn2C)C12CCOCC2. The van der Waals surface area contributed by atoms with Gasteiger partial charge in [0.1, 0.15) is 0 Å². The molecular weight excluding hydrogens is 246 g/mol. The Morgan fingerprint density at radius 2 is 2.26 bits per heavy atom. The molecule has 1 aliphatic carbocycles. The van der Waals surface area contributed by atoms with Crippen LogP contribution in [0.3, 0.4) is 0 Å². The van der Waals surface area contributed by atoms with E-state index in [0.717, 1.165) is 45.0 Å². The molecule has 7 heteroatoms. The van der Waals surface area contributed by atoms with Crippen LogP contribution in [0.15, 0.2) is 0 Å². The molecule has 0 radical (unpaired) electrons. The van der Waals surface area contributed by atoms with Crippen molar-refractivity contribution in [2.45, 2.75) is 38.3 Å². The Kier molecular flexibility index (Phi) is 3.40. The molecule has 7 nitrogen and oxygen atoms in total. The van der Waals surface area contributed by atoms with Crippen molar-refractivity contribution in [1.82, 2.24) is 20.2 Å². The van der Waals surface area contributed by atoms with Gasteiger partial charge in [0, 0.05) is 38.3 Å². The molecule has 106 valence electrons. The lowest BCUT2D eigenvalue weighted by molar-refractivity contribution is -0.159. The number of ether oxygens (including phenoxy) is 2. The van der Waals surface area contributed by atoms with Crippen molar-refractivity contribution in [3.05, 3.63) is 0 Å². The summed E-state index contributed by atoms with van der Waals surface area (Å²) in [5.74, 6) is 0.728. The van der Waals surface area contributed by atoms with Gasteiger partial charge in [0.25, 0.3) is 0 Å². The van der Waals surface area contributed by atoms with Gasteiger partial charge in [-0.1, -0.05) is 5.10 Å². The lowest BCUT2D eigenvalue weighted by atomic mass is 9.57. The number of hydrogen-bond donors (Lipinski definition) is 1. The van der Waals surface area contributed by atoms with Crippen molar-refractivity contribution in [1.29, 1.82) is 0 Å². The topological polar surface area (TPSA) is 74.1 Å². The highest BCUT2D eigenvalue weighted by Gasteiger charge is 2.56. The van der Waals surface area contributed by atoms with Gasteiger partial charge in [-0.15, -0.1) is 0 Å². The molecule has 1 saturated heterocycles. The second kappa shape index (κ2) is 5.05. The molecule has 1 saturated carbocycles. The Bertz CT molecular complexity index is 430. The highest BCUT2D eigenvalue weighted by Crippen LogP contribution is 2.51. The lowest BCUT2D eigenvalue weighted by Gasteiger charge is -2.57. The Labute approximate surface area is 112 Å². The molecule has 0 amide bonds. The predicted molar refractivity (Wildman–Crippen MR) is 68.7 cm³/mol. The first kappa shape index (κ1) is 12.8. The summed E-state index contributed by atoms with van der Waals surface area (Å²) < 4.78 is 13.1. The van der Waals surface area contributed by atoms with E-state index in [-0.39, 0.29) is 5.41 Å². The van der Waals surface area contributed by atoms with Crippen molar-refractivity contribution >= 4 is 5.95 Å². The van der Waals surface area contributed by atoms with Gasteiger partial charge in [-0.2, -0.15) is 0 Å². The predicted octanol–water partition coefficient (Wildman–Crippen LogP) is 0.596. The van der Waals surface area contributed by atoms with E-state index in [2.05, 4.69) is 27.8 Å². The molecule has 1 aliphatic heterocycles. The Morgan fingerprint density at radius 3 is 2.89 bits per heavy atom. The minimum atomic E-state index is 0.181. The third-order valence-corrected chi connectivity index (χ3v) is 4.50. The molecule has 19 heavy (non-hydrogen) atoms. The highest BCUT2D eigenvalue weighted by atomic mass is 16.5. The molecule has 2 atom stereocenters. The average Bonchev–Trinajstić information content (AvgIpc) is 2.84. The molecular formula is C12H21N5O2. The average molecular weight is 267 g/mol. The summed E-state index contributed by atoms with van der Waals surface area (Å²) in [6.07, 6.45) is 3.43. The molecule has 2 aliphatic rings. The van der Waals surface area contributed by atoms with Crippen molar-refractivity contribution in [2.75, 3.05) is 25.1 Å². The number of tetrazole rings is 1. The van der Waals surface area contributed by atoms with Gasteiger partial charge in [0.2, 0.25) is 5.95 Å². The van der Waals surface area contributed by atoms with E-state index in [1.807, 2.05) is 7.05 Å². The van der Waals surface area contributed by atoms with E-state index in [1.54, 1.807) is 4.68 Å². The summed E-state index contributed by atoms with van der Waals surface area (Å²) in [6.45, 7) is 4.46. The van der Waals surface area contributed by atoms with Gasteiger partial charge in [-0.3, -0.25) is 0 Å². The minimum absolute atomic E-state index is 0.181. The standard InChI is InChI=1S/C12H21N5O2/c1-3-19-10-8-9(12(10)4-6-18-7-5-12)13-11-14-15-16-17(11)2/h9-10H,3-8H2,1-2H3,(H,13,14,16)/t9-,10-/m1/s1. The molecule has 0 aromatic carbocycles. The molecule has 3 rings (SSSR count). The van der Waals surface area contributed by atoms with Crippen LogP contribution in [0.2, 0.25) is 0 Å². The molecule has 1 aromatic rings. The van der Waals surface area contributed by atoms with Gasteiger partial charge in [0.05, 0.1) is 6.10 Å². The van der Waals surface area contributed by atoms with Crippen LogP contribution in [-0.2, 0) is 16.5 Å². The summed E-state index contributed by atoms with van der Waals surface area (Å²) in [7, 11) is 1.84. The summed E-state index contributed by atoms with van der Waals surface area (Å²) in [4.78, 5) is 0. The van der Waals surface area contributed by atoms with Gasteiger partial charge < -0.3 is 14.8 Å². The fourth-order valence-corrected chi connectivity index (χ4v) is 3.31. The van der Waals surface area contributed by atoms with Crippen LogP contribution in [0.1, 0.15) is 26.2 Å². The number of rotatable bonds is 4. The maximum atomic E-state index is 5.90. The number of anilines is 1. The molecule has 1 aromatic heterocycles. The largest absolute Gasteiger partial charge is 0.381 e. The molecule has 2 heterocycles. The molecule has 1 spiro atoms. The van der Waals surface area contributed by atoms with Crippen LogP contribution in [0.4, 0.5) is 5.95 Å². The van der Waals surface area contributed by atoms with E-state index in [4.69, 9.17) is 9.47 Å². The quantitative estimate of drug-likeness (QED) is 0.861. The zero-order valence-corrected chi connectivity index (χ0v) is 11.5. The number of nitrogens with one attached hydrogen (secondary N) is 1. The van der Waals surface area contributed by atoms with E-state index in [0.29, 0.717) is 12.1 Å². The molecule has 0 unspecified atom stereocenters. The lowest BCUT2D eigenvalue weighted by Crippen LogP contribution is -2.63. The van der Waals surface area contributed by atoms with Crippen LogP contribution < -0.4 is 5.32 Å². The third-order valence-electron chi connectivity index (χ3n) is 4.50. The molecule has 0 bridgehead atoms. The van der Waals surface area contributed by atoms with Crippen LogP contribution in [0.5, 0.6) is 0 Å². The van der Waals surface area contributed by atoms with Gasteiger partial charge in [-0.05, 0) is 36.6 Å². The first-order valence-electron chi connectivity index (χ1n) is 6.94. The van der Waals surface area contributed by atoms with E-state index in [1.165, 1.54) is 0 Å². The van der Waals surface area contributed by atoms with Crippen molar-refractivity contribution in [2.24, 2.45) is 12.5 Å². The minimum Gasteiger partial charge on any atom is -0.381 e. The Balaban J connectivity index is 1.73. The first-order valence-corrected chi connectivity index (χ1v) is 6.94. The fourth-order valence-electron chi connectivity index (χ4n) is 3.31. The maximum Gasteiger partial charge on any atom is 0.242 e. The zero-order chi connectivity index (χ0) is 13.3. The van der Waals surface area contributed by atoms with E-state index < -0.39 is 0 Å². The van der Waals surface area contributed by atoms with Gasteiger partial charge in [0.15, 0.2) is 0 Å². The number of hydrogen-bond acceptors (Lipinski definition) is 6. The zero-order valence-electron chi connectivity index (χ0n) is 11.5. The second-order valence-electron chi connectivity index (χ2n) is 5.35. The summed E-state index contributed by atoms with van der Waals surface area (Å²) in [5.41, 5.74) is 0.181. The van der Waals surface area contributed by atoms with Crippen LogP contribution in [-0.4, -0.2) is 52.2 Å². The molecule has 2 fully saturated rings. The van der Waals surface area contributed by atoms with Crippen LogP contribution in [0.25, 0.3) is 0 Å². The van der Waals surface area contributed by atoms with Crippen molar-refractivity contribution in [3.63, 3.8) is 0 Å². The first-order chi connectivity index (χ1) is 9.26. The van der Waals surface area contributed by atoms with E-state index in [9.17, 15) is 0 Å². The number of aryl methyl sites for hydroxylation is 1. The monoisotopic (exact) mass is 267 g/mol. The van der Waals surface area contributed by atoms with Gasteiger partial charge in [-0.25, -0.2) is 4.68 Å². The smallest absolute Gasteiger partial charge is 0.242 e. The summed E-state index contributed by atoms with van der Waals surface area (Å²) in [6, 6.07) is 0.373. The highest BCUT2D eigenvalue weighted by molar-refractivity contribution is 5.29. The number of nitrogens with zero attached hydrogens (tertiary/aromatic N) is 4. The Morgan fingerprint density at radius 1 is 1.47 bits per heavy atom. The van der Waals surface area contributed by atoms with Crippen LogP contribution in [0, 0.1) is 5.41 Å². The normalized spacial score (nSPS) is 29.2. The Hall–Kier alpha value is -1.21. The molecule has 1 N–H and O–H groups in total. The second-order valence-corrected chi connectivity index (χ2v) is 5.35. The maximum absolute atomic E-state index is 5.90. The van der Waals surface area contributed by atoms with Crippen LogP contribution >= 0.6 is 0 Å². The third kappa shape index (κ3) is 2.10. The summed E-state index contributed by atoms with van der Waals surface area (Å²) in [5, 5.41) is 15.0. The van der Waals surface area contributed by atoms with Gasteiger partial charge >= 0.3 is 0 Å². The van der Waals surface area contributed by atoms with E-state index >= 15 is 0 Å². The fraction of sp³-hybridized carbons (Fsp3) is 0.917. The van der Waals surface area contributed by atoms with Crippen molar-refractivity contribution < 1.29 is 9.47 Å². The summed E-state index contributed by atoms with van der Waals surface area (Å²) >= 11 is 0. The van der Waals surface area contributed by atoms with Crippen molar-refractivity contribution in [3.8, 4) is 0 Å².